The van der Waals surface area contributed by atoms with E-state index >= 15 is 0 Å². The number of nitrogens with two attached hydrogens (primary N) is 1. The zero-order chi connectivity index (χ0) is 6.95. The fraction of sp³-hybridized carbons (Fsp3) is 0.857. The van der Waals surface area contributed by atoms with Crippen molar-refractivity contribution in [2.45, 2.75) is 19.3 Å². The standard InChI is InChI=1S/C7H17N2.Y/c1-2-6-9-7-4-3-5-8;/h9H,1-8H2;/q-1;. The Hall–Kier alpha value is 1.02. The van der Waals surface area contributed by atoms with Gasteiger partial charge in [-0.15, -0.1) is 0 Å². The van der Waals surface area contributed by atoms with Gasteiger partial charge in [0.25, 0.3) is 0 Å². The Bertz CT molecular complexity index is 44.9. The van der Waals surface area contributed by atoms with E-state index in [4.69, 9.17) is 5.73 Å². The smallest absolute Gasteiger partial charge is 0 e. The van der Waals surface area contributed by atoms with Crippen LogP contribution in [0.3, 0.4) is 0 Å². The fourth-order valence-corrected chi connectivity index (χ4v) is 0.644. The van der Waals surface area contributed by atoms with Gasteiger partial charge >= 0.3 is 0 Å². The van der Waals surface area contributed by atoms with Crippen molar-refractivity contribution in [1.29, 1.82) is 0 Å². The molecule has 10 heavy (non-hydrogen) atoms. The van der Waals surface area contributed by atoms with Crippen molar-refractivity contribution in [3.05, 3.63) is 6.92 Å². The maximum Gasteiger partial charge on any atom is 0 e. The Morgan fingerprint density at radius 3 is 2.40 bits per heavy atom. The van der Waals surface area contributed by atoms with Crippen LogP contribution in [0.1, 0.15) is 19.3 Å². The van der Waals surface area contributed by atoms with E-state index in [2.05, 4.69) is 12.2 Å². The summed E-state index contributed by atoms with van der Waals surface area (Å²) < 4.78 is 0. The minimum absolute atomic E-state index is 0. The summed E-state index contributed by atoms with van der Waals surface area (Å²) in [4.78, 5) is 0. The van der Waals surface area contributed by atoms with Crippen LogP contribution >= 0.6 is 0 Å². The van der Waals surface area contributed by atoms with Gasteiger partial charge in [-0.2, -0.15) is 6.42 Å². The summed E-state index contributed by atoms with van der Waals surface area (Å²) in [6.45, 7) is 6.65. The van der Waals surface area contributed by atoms with Gasteiger partial charge in [0, 0.05) is 32.7 Å². The van der Waals surface area contributed by atoms with Crippen molar-refractivity contribution >= 4 is 0 Å². The molecule has 0 saturated heterocycles. The molecule has 0 heterocycles. The maximum atomic E-state index is 5.30. The normalized spacial score (nSPS) is 9.00. The molecular formula is C7H17N2Y-. The van der Waals surface area contributed by atoms with Crippen LogP contribution in [0.2, 0.25) is 0 Å². The molecule has 0 bridgehead atoms. The van der Waals surface area contributed by atoms with E-state index in [0.717, 1.165) is 32.5 Å². The Morgan fingerprint density at radius 1 is 1.20 bits per heavy atom. The summed E-state index contributed by atoms with van der Waals surface area (Å²) in [5.74, 6) is 0. The Kier molecular flexibility index (Phi) is 17.2. The van der Waals surface area contributed by atoms with Gasteiger partial charge in [-0.25, -0.2) is 0 Å². The molecule has 0 aliphatic carbocycles. The molecule has 59 valence electrons. The molecule has 3 N–H and O–H groups in total. The van der Waals surface area contributed by atoms with E-state index in [1.54, 1.807) is 0 Å². The van der Waals surface area contributed by atoms with Gasteiger partial charge in [0.2, 0.25) is 0 Å². The Morgan fingerprint density at radius 2 is 1.90 bits per heavy atom. The van der Waals surface area contributed by atoms with Crippen LogP contribution in [0.5, 0.6) is 0 Å². The molecular weight excluding hydrogens is 201 g/mol. The summed E-state index contributed by atoms with van der Waals surface area (Å²) in [7, 11) is 0. The average Bonchev–Trinajstić information content (AvgIpc) is 1.89. The molecule has 0 aromatic heterocycles. The summed E-state index contributed by atoms with van der Waals surface area (Å²) in [5, 5.41) is 3.25. The third-order valence-electron chi connectivity index (χ3n) is 1.16. The largest absolute Gasteiger partial charge is 0.342 e. The van der Waals surface area contributed by atoms with E-state index in [-0.39, 0.29) is 32.7 Å². The van der Waals surface area contributed by atoms with Crippen LogP contribution in [0.15, 0.2) is 0 Å². The molecule has 3 heteroatoms. The number of nitrogens with one attached hydrogen (secondary N) is 1. The summed E-state index contributed by atoms with van der Waals surface area (Å²) in [5.41, 5.74) is 5.30. The van der Waals surface area contributed by atoms with E-state index in [1.165, 1.54) is 6.42 Å². The molecule has 0 atom stereocenters. The predicted molar refractivity (Wildman–Crippen MR) is 41.1 cm³/mol. The van der Waals surface area contributed by atoms with Crippen molar-refractivity contribution in [3.8, 4) is 0 Å². The number of hydrogen-bond donors (Lipinski definition) is 2. The first-order valence-corrected chi connectivity index (χ1v) is 3.62. The third-order valence-corrected chi connectivity index (χ3v) is 1.16. The van der Waals surface area contributed by atoms with Crippen LogP contribution in [0, 0.1) is 6.92 Å². The van der Waals surface area contributed by atoms with Crippen molar-refractivity contribution in [3.63, 3.8) is 0 Å². The van der Waals surface area contributed by atoms with Crippen molar-refractivity contribution in [1.82, 2.24) is 5.32 Å². The molecule has 0 aromatic rings. The predicted octanol–water partition coefficient (Wildman–Crippen LogP) is 0.537. The Balaban J connectivity index is 0. The monoisotopic (exact) mass is 218 g/mol. The van der Waals surface area contributed by atoms with Crippen LogP contribution in [-0.4, -0.2) is 19.6 Å². The molecule has 0 saturated carbocycles. The Labute approximate surface area is 89.2 Å². The minimum Gasteiger partial charge on any atom is -0.342 e. The van der Waals surface area contributed by atoms with Crippen molar-refractivity contribution in [2.24, 2.45) is 5.73 Å². The first-order chi connectivity index (χ1) is 4.41. The molecule has 0 unspecified atom stereocenters. The molecule has 0 aromatic carbocycles. The van der Waals surface area contributed by atoms with E-state index in [9.17, 15) is 0 Å². The summed E-state index contributed by atoms with van der Waals surface area (Å²) in [6, 6.07) is 0. The molecule has 1 radical (unpaired) electrons. The van der Waals surface area contributed by atoms with E-state index in [0.29, 0.717) is 0 Å². The van der Waals surface area contributed by atoms with Gasteiger partial charge in [0.15, 0.2) is 0 Å². The SMILES string of the molecule is [CH2-]CCNCCCCN.[Y]. The second-order valence-corrected chi connectivity index (χ2v) is 2.10. The van der Waals surface area contributed by atoms with Gasteiger partial charge in [0.05, 0.1) is 0 Å². The van der Waals surface area contributed by atoms with Crippen LogP contribution in [-0.2, 0) is 32.7 Å². The maximum absolute atomic E-state index is 5.30. The third kappa shape index (κ3) is 11.8. The minimum atomic E-state index is 0. The van der Waals surface area contributed by atoms with Gasteiger partial charge in [-0.3, -0.25) is 0 Å². The van der Waals surface area contributed by atoms with E-state index < -0.39 is 0 Å². The number of unbranched alkanes of at least 4 members (excludes halogenated alkanes) is 1. The first-order valence-electron chi connectivity index (χ1n) is 3.62. The second kappa shape index (κ2) is 12.7. The quantitative estimate of drug-likeness (QED) is 0.504. The van der Waals surface area contributed by atoms with Crippen LogP contribution < -0.4 is 11.1 Å². The van der Waals surface area contributed by atoms with E-state index in [1.807, 2.05) is 0 Å². The zero-order valence-electron chi connectivity index (χ0n) is 6.60. The van der Waals surface area contributed by atoms with Crippen LogP contribution in [0.25, 0.3) is 0 Å². The summed E-state index contributed by atoms with van der Waals surface area (Å²) >= 11 is 0. The molecule has 2 nitrogen and oxygen atoms in total. The molecule has 0 spiro atoms. The van der Waals surface area contributed by atoms with Crippen LogP contribution in [0.4, 0.5) is 0 Å². The number of rotatable bonds is 6. The van der Waals surface area contributed by atoms with Gasteiger partial charge < -0.3 is 18.0 Å². The molecule has 0 fully saturated rings. The fourth-order valence-electron chi connectivity index (χ4n) is 0.644. The second-order valence-electron chi connectivity index (χ2n) is 2.10. The van der Waals surface area contributed by atoms with Gasteiger partial charge in [-0.05, 0) is 32.5 Å². The molecule has 0 rings (SSSR count). The molecule has 0 amide bonds. The van der Waals surface area contributed by atoms with Crippen molar-refractivity contribution in [2.75, 3.05) is 19.6 Å². The molecule has 0 aliphatic heterocycles. The summed E-state index contributed by atoms with van der Waals surface area (Å²) in [6.07, 6.45) is 3.29. The number of hydrogen-bond acceptors (Lipinski definition) is 2. The topological polar surface area (TPSA) is 38.0 Å². The average molecular weight is 218 g/mol. The molecule has 0 aliphatic rings. The van der Waals surface area contributed by atoms with Gasteiger partial charge in [-0.1, -0.05) is 0 Å². The zero-order valence-corrected chi connectivity index (χ0v) is 9.44. The first kappa shape index (κ1) is 13.6. The van der Waals surface area contributed by atoms with Gasteiger partial charge in [0.1, 0.15) is 0 Å². The van der Waals surface area contributed by atoms with Crippen molar-refractivity contribution < 1.29 is 32.7 Å².